The van der Waals surface area contributed by atoms with E-state index in [0.29, 0.717) is 21.5 Å². The average Bonchev–Trinajstić information content (AvgIpc) is 2.47. The highest BCUT2D eigenvalue weighted by atomic mass is 35.5. The van der Waals surface area contributed by atoms with E-state index in [-0.39, 0.29) is 12.0 Å². The standard InChI is InChI=1S/C19H20Cl2O3/c1-12-5-7-16(14(9-12)19(2,3)4)24-18(22)11-23-17-8-6-13(20)10-15(17)21/h5-10H,11H2,1-4H3. The first-order chi connectivity index (χ1) is 11.2. The molecule has 2 aromatic rings. The smallest absolute Gasteiger partial charge is 0.349 e. The fourth-order valence-electron chi connectivity index (χ4n) is 2.20. The molecule has 0 fully saturated rings. The summed E-state index contributed by atoms with van der Waals surface area (Å²) in [5.74, 6) is 0.442. The van der Waals surface area contributed by atoms with Crippen molar-refractivity contribution in [2.75, 3.05) is 6.61 Å². The van der Waals surface area contributed by atoms with Crippen LogP contribution >= 0.6 is 23.2 Å². The van der Waals surface area contributed by atoms with Crippen molar-refractivity contribution in [3.05, 3.63) is 57.6 Å². The van der Waals surface area contributed by atoms with Crippen molar-refractivity contribution in [1.29, 1.82) is 0 Å². The minimum atomic E-state index is -0.490. The van der Waals surface area contributed by atoms with Crippen molar-refractivity contribution < 1.29 is 14.3 Å². The van der Waals surface area contributed by atoms with Gasteiger partial charge in [0.05, 0.1) is 5.02 Å². The molecular formula is C19H20Cl2O3. The van der Waals surface area contributed by atoms with Crippen LogP contribution in [-0.2, 0) is 10.2 Å². The first-order valence-electron chi connectivity index (χ1n) is 7.56. The number of benzene rings is 2. The normalized spacial score (nSPS) is 11.2. The minimum Gasteiger partial charge on any atom is -0.480 e. The Balaban J connectivity index is 2.08. The number of rotatable bonds is 4. The van der Waals surface area contributed by atoms with Crippen molar-refractivity contribution >= 4 is 29.2 Å². The van der Waals surface area contributed by atoms with E-state index in [1.807, 2.05) is 25.1 Å². The lowest BCUT2D eigenvalue weighted by Gasteiger charge is -2.22. The number of carbonyl (C=O) groups is 1. The van der Waals surface area contributed by atoms with Gasteiger partial charge in [-0.2, -0.15) is 0 Å². The second kappa shape index (κ2) is 7.45. The second-order valence-corrected chi connectivity index (χ2v) is 7.43. The lowest BCUT2D eigenvalue weighted by Crippen LogP contribution is -2.21. The molecule has 0 unspecified atom stereocenters. The highest BCUT2D eigenvalue weighted by molar-refractivity contribution is 6.35. The molecule has 0 radical (unpaired) electrons. The third-order valence-corrected chi connectivity index (χ3v) is 3.94. The van der Waals surface area contributed by atoms with Gasteiger partial charge in [-0.1, -0.05) is 61.7 Å². The highest BCUT2D eigenvalue weighted by Crippen LogP contribution is 2.32. The summed E-state index contributed by atoms with van der Waals surface area (Å²) in [6, 6.07) is 10.6. The number of ether oxygens (including phenoxy) is 2. The van der Waals surface area contributed by atoms with Crippen LogP contribution in [0.15, 0.2) is 36.4 Å². The van der Waals surface area contributed by atoms with Gasteiger partial charge >= 0.3 is 5.97 Å². The summed E-state index contributed by atoms with van der Waals surface area (Å²) in [5, 5.41) is 0.852. The zero-order valence-corrected chi connectivity index (χ0v) is 15.7. The Morgan fingerprint density at radius 3 is 2.33 bits per heavy atom. The molecule has 2 rings (SSSR count). The summed E-state index contributed by atoms with van der Waals surface area (Å²) in [6.07, 6.45) is 0. The third kappa shape index (κ3) is 4.89. The van der Waals surface area contributed by atoms with E-state index in [1.165, 1.54) is 0 Å². The van der Waals surface area contributed by atoms with Crippen molar-refractivity contribution in [3.8, 4) is 11.5 Å². The summed E-state index contributed by atoms with van der Waals surface area (Å²) in [6.45, 7) is 7.99. The minimum absolute atomic E-state index is 0.137. The molecule has 5 heteroatoms. The first-order valence-corrected chi connectivity index (χ1v) is 8.32. The Labute approximate surface area is 152 Å². The molecule has 0 saturated heterocycles. The van der Waals surface area contributed by atoms with Crippen LogP contribution in [0.4, 0.5) is 0 Å². The maximum Gasteiger partial charge on any atom is 0.349 e. The Morgan fingerprint density at radius 1 is 1.04 bits per heavy atom. The van der Waals surface area contributed by atoms with E-state index in [0.717, 1.165) is 11.1 Å². The number of carbonyl (C=O) groups excluding carboxylic acids is 1. The monoisotopic (exact) mass is 366 g/mol. The van der Waals surface area contributed by atoms with Gasteiger partial charge in [-0.05, 0) is 36.6 Å². The zero-order valence-electron chi connectivity index (χ0n) is 14.2. The first kappa shape index (κ1) is 18.6. The van der Waals surface area contributed by atoms with Gasteiger partial charge in [0.15, 0.2) is 6.61 Å². The van der Waals surface area contributed by atoms with Gasteiger partial charge in [-0.25, -0.2) is 4.79 Å². The Morgan fingerprint density at radius 2 is 1.71 bits per heavy atom. The fourth-order valence-corrected chi connectivity index (χ4v) is 2.66. The predicted octanol–water partition coefficient (Wildman–Crippen LogP) is 5.58. The summed E-state index contributed by atoms with van der Waals surface area (Å²) in [7, 11) is 0. The quantitative estimate of drug-likeness (QED) is 0.522. The molecule has 0 aliphatic rings. The molecule has 0 heterocycles. The van der Waals surface area contributed by atoms with Crippen molar-refractivity contribution in [2.24, 2.45) is 0 Å². The Hall–Kier alpha value is -1.71. The SMILES string of the molecule is Cc1ccc(OC(=O)COc2ccc(Cl)cc2Cl)c(C(C)(C)C)c1. The van der Waals surface area contributed by atoms with Crippen molar-refractivity contribution in [3.63, 3.8) is 0 Å². The molecular weight excluding hydrogens is 347 g/mol. The molecule has 0 aliphatic heterocycles. The number of hydrogen-bond donors (Lipinski definition) is 0. The second-order valence-electron chi connectivity index (χ2n) is 6.59. The predicted molar refractivity (Wildman–Crippen MR) is 97.5 cm³/mol. The maximum atomic E-state index is 12.1. The van der Waals surface area contributed by atoms with Gasteiger partial charge in [-0.15, -0.1) is 0 Å². The lowest BCUT2D eigenvalue weighted by atomic mass is 9.85. The molecule has 0 amide bonds. The number of esters is 1. The van der Waals surface area contributed by atoms with Crippen molar-refractivity contribution in [2.45, 2.75) is 33.1 Å². The molecule has 0 bridgehead atoms. The van der Waals surface area contributed by atoms with E-state index in [9.17, 15) is 4.79 Å². The molecule has 2 aromatic carbocycles. The summed E-state index contributed by atoms with van der Waals surface area (Å²) in [4.78, 5) is 12.1. The molecule has 0 saturated carbocycles. The van der Waals surface area contributed by atoms with Crippen LogP contribution in [0.1, 0.15) is 31.9 Å². The van der Waals surface area contributed by atoms with Gasteiger partial charge in [0.25, 0.3) is 0 Å². The maximum absolute atomic E-state index is 12.1. The van der Waals surface area contributed by atoms with Crippen LogP contribution in [0.5, 0.6) is 11.5 Å². The molecule has 0 atom stereocenters. The molecule has 0 aliphatic carbocycles. The molecule has 0 spiro atoms. The topological polar surface area (TPSA) is 35.5 Å². The van der Waals surface area contributed by atoms with Crippen molar-refractivity contribution in [1.82, 2.24) is 0 Å². The molecule has 0 N–H and O–H groups in total. The largest absolute Gasteiger partial charge is 0.480 e. The molecule has 128 valence electrons. The lowest BCUT2D eigenvalue weighted by molar-refractivity contribution is -0.136. The van der Waals surface area contributed by atoms with Crippen LogP contribution in [0.25, 0.3) is 0 Å². The van der Waals surface area contributed by atoms with E-state index >= 15 is 0 Å². The molecule has 24 heavy (non-hydrogen) atoms. The highest BCUT2D eigenvalue weighted by Gasteiger charge is 2.21. The van der Waals surface area contributed by atoms with E-state index < -0.39 is 5.97 Å². The fraction of sp³-hybridized carbons (Fsp3) is 0.316. The third-order valence-electron chi connectivity index (χ3n) is 3.41. The van der Waals surface area contributed by atoms with E-state index in [1.54, 1.807) is 18.2 Å². The van der Waals surface area contributed by atoms with Crippen LogP contribution in [0.3, 0.4) is 0 Å². The van der Waals surface area contributed by atoms with Gasteiger partial charge in [-0.3, -0.25) is 0 Å². The van der Waals surface area contributed by atoms with Crippen LogP contribution in [0.2, 0.25) is 10.0 Å². The van der Waals surface area contributed by atoms with Gasteiger partial charge in [0.2, 0.25) is 0 Å². The summed E-state index contributed by atoms with van der Waals surface area (Å²) < 4.78 is 10.9. The van der Waals surface area contributed by atoms with Crippen LogP contribution in [-0.4, -0.2) is 12.6 Å². The summed E-state index contributed by atoms with van der Waals surface area (Å²) in [5.41, 5.74) is 1.95. The number of hydrogen-bond acceptors (Lipinski definition) is 3. The van der Waals surface area contributed by atoms with E-state index in [2.05, 4.69) is 20.8 Å². The molecule has 0 aromatic heterocycles. The average molecular weight is 367 g/mol. The Kier molecular flexibility index (Phi) is 5.79. The van der Waals surface area contributed by atoms with Crippen LogP contribution in [0, 0.1) is 6.92 Å². The number of aryl methyl sites for hydroxylation is 1. The molecule has 3 nitrogen and oxygen atoms in total. The Bertz CT molecular complexity index is 749. The van der Waals surface area contributed by atoms with E-state index in [4.69, 9.17) is 32.7 Å². The van der Waals surface area contributed by atoms with Gasteiger partial charge in [0, 0.05) is 10.6 Å². The van der Waals surface area contributed by atoms with Gasteiger partial charge < -0.3 is 9.47 Å². The van der Waals surface area contributed by atoms with Gasteiger partial charge in [0.1, 0.15) is 11.5 Å². The number of halogens is 2. The van der Waals surface area contributed by atoms with Crippen LogP contribution < -0.4 is 9.47 Å². The summed E-state index contributed by atoms with van der Waals surface area (Å²) >= 11 is 11.8. The zero-order chi connectivity index (χ0) is 17.9.